The minimum absolute atomic E-state index is 0.0975. The van der Waals surface area contributed by atoms with E-state index in [1.807, 2.05) is 41.9 Å². The number of amides is 1. The van der Waals surface area contributed by atoms with E-state index in [1.54, 1.807) is 12.7 Å². The summed E-state index contributed by atoms with van der Waals surface area (Å²) in [6.07, 6.45) is 5.62. The summed E-state index contributed by atoms with van der Waals surface area (Å²) in [6.45, 7) is 5.36. The highest BCUT2D eigenvalue weighted by Gasteiger charge is 2.27. The molecule has 6 nitrogen and oxygen atoms in total. The third-order valence-electron chi connectivity index (χ3n) is 4.70. The summed E-state index contributed by atoms with van der Waals surface area (Å²) < 4.78 is 1.88. The lowest BCUT2D eigenvalue weighted by Gasteiger charge is -2.36. The quantitative estimate of drug-likeness (QED) is 0.877. The molecule has 1 aromatic carbocycles. The van der Waals surface area contributed by atoms with Crippen LogP contribution in [-0.2, 0) is 17.9 Å². The Balaban J connectivity index is 1.49. The summed E-state index contributed by atoms with van der Waals surface area (Å²) in [5.41, 5.74) is 1.13. The number of aromatic nitrogens is 3. The highest BCUT2D eigenvalue weighted by Crippen LogP contribution is 2.20. The lowest BCUT2D eigenvalue weighted by atomic mass is 9.96. The molecule has 0 unspecified atom stereocenters. The van der Waals surface area contributed by atoms with Crippen molar-refractivity contribution < 1.29 is 4.79 Å². The van der Waals surface area contributed by atoms with Gasteiger partial charge in [-0.25, -0.2) is 4.98 Å². The SMILES string of the molecule is C[C@H](C(=O)NCc1ccccc1)N1CCC[C@H](Cn2cncn2)C1. The Morgan fingerprint density at radius 1 is 1.38 bits per heavy atom. The normalized spacial score (nSPS) is 19.8. The van der Waals surface area contributed by atoms with Crippen LogP contribution < -0.4 is 5.32 Å². The Bertz CT molecular complexity index is 628. The van der Waals surface area contributed by atoms with Gasteiger partial charge >= 0.3 is 0 Å². The standard InChI is InChI=1S/C18H25N5O/c1-15(18(24)20-10-16-6-3-2-4-7-16)22-9-5-8-17(11-22)12-23-14-19-13-21-23/h2-4,6-7,13-15,17H,5,8-12H2,1H3,(H,20,24)/t15-,17+/m1/s1. The van der Waals surface area contributed by atoms with Crippen LogP contribution in [0.3, 0.4) is 0 Å². The van der Waals surface area contributed by atoms with Gasteiger partial charge in [-0.05, 0) is 37.8 Å². The number of rotatable bonds is 6. The van der Waals surface area contributed by atoms with E-state index in [0.29, 0.717) is 12.5 Å². The molecule has 1 amide bonds. The number of likely N-dealkylation sites (tertiary alicyclic amines) is 1. The summed E-state index contributed by atoms with van der Waals surface area (Å²) in [5, 5.41) is 7.23. The summed E-state index contributed by atoms with van der Waals surface area (Å²) in [5.74, 6) is 0.616. The molecule has 1 fully saturated rings. The monoisotopic (exact) mass is 327 g/mol. The molecular weight excluding hydrogens is 302 g/mol. The first-order valence-electron chi connectivity index (χ1n) is 8.60. The highest BCUT2D eigenvalue weighted by atomic mass is 16.2. The third kappa shape index (κ3) is 4.41. The average Bonchev–Trinajstić information content (AvgIpc) is 3.13. The molecule has 1 aromatic heterocycles. The molecule has 2 heterocycles. The fraction of sp³-hybridized carbons (Fsp3) is 0.500. The summed E-state index contributed by atoms with van der Waals surface area (Å²) >= 11 is 0. The molecule has 24 heavy (non-hydrogen) atoms. The van der Waals surface area contributed by atoms with Crippen molar-refractivity contribution in [1.29, 1.82) is 0 Å². The van der Waals surface area contributed by atoms with Crippen molar-refractivity contribution in [1.82, 2.24) is 25.0 Å². The maximum atomic E-state index is 12.5. The molecule has 1 aliphatic rings. The van der Waals surface area contributed by atoms with Crippen LogP contribution in [0.2, 0.25) is 0 Å². The van der Waals surface area contributed by atoms with Gasteiger partial charge < -0.3 is 5.32 Å². The Morgan fingerprint density at radius 2 is 2.21 bits per heavy atom. The second-order valence-corrected chi connectivity index (χ2v) is 6.50. The molecule has 1 N–H and O–H groups in total. The van der Waals surface area contributed by atoms with Crippen LogP contribution in [0, 0.1) is 5.92 Å². The zero-order valence-electron chi connectivity index (χ0n) is 14.1. The number of piperidine rings is 1. The van der Waals surface area contributed by atoms with Crippen LogP contribution in [0.15, 0.2) is 43.0 Å². The van der Waals surface area contributed by atoms with E-state index in [2.05, 4.69) is 20.3 Å². The van der Waals surface area contributed by atoms with Gasteiger partial charge in [-0.2, -0.15) is 5.10 Å². The van der Waals surface area contributed by atoms with Crippen molar-refractivity contribution in [3.8, 4) is 0 Å². The fourth-order valence-electron chi connectivity index (χ4n) is 3.29. The van der Waals surface area contributed by atoms with Crippen molar-refractivity contribution in [2.45, 2.75) is 38.9 Å². The van der Waals surface area contributed by atoms with Gasteiger partial charge in [0.2, 0.25) is 5.91 Å². The van der Waals surface area contributed by atoms with Gasteiger partial charge in [0.25, 0.3) is 0 Å². The van der Waals surface area contributed by atoms with E-state index in [4.69, 9.17) is 0 Å². The van der Waals surface area contributed by atoms with E-state index in [-0.39, 0.29) is 11.9 Å². The number of nitrogens with one attached hydrogen (secondary N) is 1. The van der Waals surface area contributed by atoms with Crippen LogP contribution in [0.4, 0.5) is 0 Å². The maximum absolute atomic E-state index is 12.5. The first kappa shape index (κ1) is 16.6. The number of benzene rings is 1. The summed E-state index contributed by atoms with van der Waals surface area (Å²) in [7, 11) is 0. The first-order valence-corrected chi connectivity index (χ1v) is 8.60. The minimum Gasteiger partial charge on any atom is -0.351 e. The predicted molar refractivity (Wildman–Crippen MR) is 92.1 cm³/mol. The Hall–Kier alpha value is -2.21. The number of nitrogens with zero attached hydrogens (tertiary/aromatic N) is 4. The van der Waals surface area contributed by atoms with E-state index in [9.17, 15) is 4.79 Å². The second-order valence-electron chi connectivity index (χ2n) is 6.50. The van der Waals surface area contributed by atoms with E-state index >= 15 is 0 Å². The first-order chi connectivity index (χ1) is 11.7. The van der Waals surface area contributed by atoms with Gasteiger partial charge in [0.15, 0.2) is 0 Å². The predicted octanol–water partition coefficient (Wildman–Crippen LogP) is 1.69. The van der Waals surface area contributed by atoms with E-state index in [1.165, 1.54) is 6.42 Å². The second kappa shape index (κ2) is 8.06. The molecular formula is C18H25N5O. The molecule has 3 rings (SSSR count). The molecule has 2 aromatic rings. The molecule has 0 radical (unpaired) electrons. The Kier molecular flexibility index (Phi) is 5.59. The van der Waals surface area contributed by atoms with Crippen LogP contribution in [0.5, 0.6) is 0 Å². The van der Waals surface area contributed by atoms with Gasteiger partial charge in [-0.3, -0.25) is 14.4 Å². The van der Waals surface area contributed by atoms with Crippen LogP contribution >= 0.6 is 0 Å². The fourth-order valence-corrected chi connectivity index (χ4v) is 3.29. The molecule has 0 bridgehead atoms. The number of carbonyl (C=O) groups excluding carboxylic acids is 1. The Labute approximate surface area is 142 Å². The molecule has 128 valence electrons. The molecule has 0 spiro atoms. The third-order valence-corrected chi connectivity index (χ3v) is 4.70. The van der Waals surface area contributed by atoms with Gasteiger partial charge in [-0.1, -0.05) is 30.3 Å². The van der Waals surface area contributed by atoms with Crippen molar-refractivity contribution >= 4 is 5.91 Å². The highest BCUT2D eigenvalue weighted by molar-refractivity contribution is 5.81. The van der Waals surface area contributed by atoms with Gasteiger partial charge in [-0.15, -0.1) is 0 Å². The van der Waals surface area contributed by atoms with Gasteiger partial charge in [0, 0.05) is 19.6 Å². The molecule has 6 heteroatoms. The molecule has 1 aliphatic heterocycles. The number of hydrogen-bond donors (Lipinski definition) is 1. The minimum atomic E-state index is -0.104. The van der Waals surface area contributed by atoms with Crippen LogP contribution in [0.25, 0.3) is 0 Å². The number of hydrogen-bond acceptors (Lipinski definition) is 4. The zero-order chi connectivity index (χ0) is 16.8. The van der Waals surface area contributed by atoms with Crippen molar-refractivity contribution in [2.24, 2.45) is 5.92 Å². The molecule has 2 atom stereocenters. The molecule has 1 saturated heterocycles. The van der Waals surface area contributed by atoms with Crippen LogP contribution in [0.1, 0.15) is 25.3 Å². The van der Waals surface area contributed by atoms with E-state index < -0.39 is 0 Å². The maximum Gasteiger partial charge on any atom is 0.237 e. The van der Waals surface area contributed by atoms with Crippen molar-refractivity contribution in [3.63, 3.8) is 0 Å². The lowest BCUT2D eigenvalue weighted by molar-refractivity contribution is -0.126. The van der Waals surface area contributed by atoms with Crippen molar-refractivity contribution in [3.05, 3.63) is 48.5 Å². The van der Waals surface area contributed by atoms with Crippen molar-refractivity contribution in [2.75, 3.05) is 13.1 Å². The largest absolute Gasteiger partial charge is 0.351 e. The number of carbonyl (C=O) groups is 1. The lowest BCUT2D eigenvalue weighted by Crippen LogP contribution is -2.49. The van der Waals surface area contributed by atoms with E-state index in [0.717, 1.165) is 31.6 Å². The smallest absolute Gasteiger partial charge is 0.237 e. The average molecular weight is 327 g/mol. The topological polar surface area (TPSA) is 63.1 Å². The van der Waals surface area contributed by atoms with Gasteiger partial charge in [0.05, 0.1) is 6.04 Å². The Morgan fingerprint density at radius 3 is 2.96 bits per heavy atom. The summed E-state index contributed by atoms with van der Waals surface area (Å²) in [4.78, 5) is 18.7. The molecule has 0 aliphatic carbocycles. The van der Waals surface area contributed by atoms with Crippen LogP contribution in [-0.4, -0.2) is 44.7 Å². The molecule has 0 saturated carbocycles. The van der Waals surface area contributed by atoms with Gasteiger partial charge in [0.1, 0.15) is 12.7 Å². The zero-order valence-corrected chi connectivity index (χ0v) is 14.1. The summed E-state index contributed by atoms with van der Waals surface area (Å²) in [6, 6.07) is 9.91.